The topological polar surface area (TPSA) is 47.8 Å². The molecule has 1 aromatic heterocycles. The summed E-state index contributed by atoms with van der Waals surface area (Å²) in [6.45, 7) is 0. The van der Waals surface area contributed by atoms with E-state index in [1.54, 1.807) is 13.2 Å². The van der Waals surface area contributed by atoms with Crippen molar-refractivity contribution in [2.45, 2.75) is 6.42 Å². The summed E-state index contributed by atoms with van der Waals surface area (Å²) in [6.07, 6.45) is 1.58. The number of halogens is 2. The number of hydrogen-bond acceptors (Lipinski definition) is 3. The number of Topliss-reactive ketones (excluding diaryl/α,β-unsaturated/α-hetero) is 1. The minimum Gasteiger partial charge on any atom is -0.294 e. The lowest BCUT2D eigenvalue weighted by Crippen LogP contribution is -2.07. The van der Waals surface area contributed by atoms with E-state index >= 15 is 0 Å². The van der Waals surface area contributed by atoms with Gasteiger partial charge in [0, 0.05) is 13.2 Å². The fourth-order valence-electron chi connectivity index (χ4n) is 1.49. The number of hydrogen-bond donors (Lipinski definition) is 0. The Morgan fingerprint density at radius 2 is 2.29 bits per heavy atom. The van der Waals surface area contributed by atoms with Crippen molar-refractivity contribution in [3.63, 3.8) is 0 Å². The van der Waals surface area contributed by atoms with Gasteiger partial charge < -0.3 is 0 Å². The molecule has 0 fully saturated rings. The predicted molar refractivity (Wildman–Crippen MR) is 60.4 cm³/mol. The molecular weight excluding hydrogens is 245 g/mol. The molecule has 0 radical (unpaired) electrons. The molecule has 1 aromatic carbocycles. The van der Waals surface area contributed by atoms with Crippen LogP contribution in [0.5, 0.6) is 0 Å². The average molecular weight is 254 g/mol. The SMILES string of the molecule is Cn1cc(CC(=O)c2c(F)cccc2Cl)nn1. The predicted octanol–water partition coefficient (Wildman–Crippen LogP) is 2.03. The first-order chi connectivity index (χ1) is 8.08. The molecule has 2 rings (SSSR count). The Labute approximate surface area is 102 Å². The zero-order valence-electron chi connectivity index (χ0n) is 9.02. The van der Waals surface area contributed by atoms with E-state index < -0.39 is 11.6 Å². The number of aryl methyl sites for hydroxylation is 1. The Kier molecular flexibility index (Phi) is 3.19. The first-order valence-corrected chi connectivity index (χ1v) is 5.28. The lowest BCUT2D eigenvalue weighted by molar-refractivity contribution is 0.0988. The van der Waals surface area contributed by atoms with E-state index in [-0.39, 0.29) is 17.0 Å². The van der Waals surface area contributed by atoms with Crippen LogP contribution in [0.3, 0.4) is 0 Å². The van der Waals surface area contributed by atoms with Gasteiger partial charge in [0.2, 0.25) is 0 Å². The monoisotopic (exact) mass is 253 g/mol. The maximum atomic E-state index is 13.5. The van der Waals surface area contributed by atoms with Crippen LogP contribution in [0.4, 0.5) is 4.39 Å². The van der Waals surface area contributed by atoms with E-state index in [4.69, 9.17) is 11.6 Å². The second kappa shape index (κ2) is 4.63. The van der Waals surface area contributed by atoms with Gasteiger partial charge in [-0.15, -0.1) is 5.10 Å². The molecule has 0 atom stereocenters. The third-order valence-corrected chi connectivity index (χ3v) is 2.55. The van der Waals surface area contributed by atoms with Crippen molar-refractivity contribution >= 4 is 17.4 Å². The van der Waals surface area contributed by atoms with Gasteiger partial charge in [0.15, 0.2) is 5.78 Å². The maximum absolute atomic E-state index is 13.5. The molecule has 0 aliphatic carbocycles. The van der Waals surface area contributed by atoms with Gasteiger partial charge in [-0.25, -0.2) is 4.39 Å². The van der Waals surface area contributed by atoms with Crippen molar-refractivity contribution in [2.24, 2.45) is 7.05 Å². The largest absolute Gasteiger partial charge is 0.294 e. The number of rotatable bonds is 3. The minimum atomic E-state index is -0.619. The number of ketones is 1. The molecule has 0 saturated carbocycles. The first kappa shape index (κ1) is 11.7. The standard InChI is InChI=1S/C11H9ClFN3O/c1-16-6-7(14-15-16)5-10(17)11-8(12)3-2-4-9(11)13/h2-4,6H,5H2,1H3. The normalized spacial score (nSPS) is 10.5. The van der Waals surface area contributed by atoms with Crippen LogP contribution < -0.4 is 0 Å². The van der Waals surface area contributed by atoms with E-state index in [9.17, 15) is 9.18 Å². The Hall–Kier alpha value is -1.75. The molecule has 2 aromatic rings. The highest BCUT2D eigenvalue weighted by Crippen LogP contribution is 2.20. The second-order valence-corrected chi connectivity index (χ2v) is 3.99. The number of nitrogens with zero attached hydrogens (tertiary/aromatic N) is 3. The minimum absolute atomic E-state index is 0.0194. The van der Waals surface area contributed by atoms with Gasteiger partial charge in [0.25, 0.3) is 0 Å². The van der Waals surface area contributed by atoms with Gasteiger partial charge in [-0.3, -0.25) is 9.48 Å². The molecule has 0 amide bonds. The molecule has 4 nitrogen and oxygen atoms in total. The van der Waals surface area contributed by atoms with Gasteiger partial charge in [0.1, 0.15) is 5.82 Å². The summed E-state index contributed by atoms with van der Waals surface area (Å²) < 4.78 is 14.9. The highest BCUT2D eigenvalue weighted by Gasteiger charge is 2.17. The van der Waals surface area contributed by atoms with E-state index in [0.29, 0.717) is 5.69 Å². The fraction of sp³-hybridized carbons (Fsp3) is 0.182. The Morgan fingerprint density at radius 3 is 2.88 bits per heavy atom. The lowest BCUT2D eigenvalue weighted by Gasteiger charge is -2.02. The van der Waals surface area contributed by atoms with Gasteiger partial charge in [-0.2, -0.15) is 0 Å². The smallest absolute Gasteiger partial charge is 0.173 e. The van der Waals surface area contributed by atoms with E-state index in [1.807, 2.05) is 0 Å². The van der Waals surface area contributed by atoms with E-state index in [2.05, 4.69) is 10.3 Å². The van der Waals surface area contributed by atoms with Crippen molar-refractivity contribution in [3.05, 3.63) is 46.5 Å². The lowest BCUT2D eigenvalue weighted by atomic mass is 10.1. The summed E-state index contributed by atoms with van der Waals surface area (Å²) >= 11 is 5.79. The summed E-state index contributed by atoms with van der Waals surface area (Å²) in [5.74, 6) is -1.03. The highest BCUT2D eigenvalue weighted by atomic mass is 35.5. The van der Waals surface area contributed by atoms with Crippen LogP contribution in [-0.2, 0) is 13.5 Å². The fourth-order valence-corrected chi connectivity index (χ4v) is 1.76. The van der Waals surface area contributed by atoms with Crippen molar-refractivity contribution in [3.8, 4) is 0 Å². The molecule has 0 aliphatic heterocycles. The van der Waals surface area contributed by atoms with Crippen molar-refractivity contribution in [1.82, 2.24) is 15.0 Å². The molecule has 17 heavy (non-hydrogen) atoms. The van der Waals surface area contributed by atoms with Crippen molar-refractivity contribution in [1.29, 1.82) is 0 Å². The van der Waals surface area contributed by atoms with Crippen LogP contribution in [0.15, 0.2) is 24.4 Å². The van der Waals surface area contributed by atoms with Crippen LogP contribution in [0.25, 0.3) is 0 Å². The maximum Gasteiger partial charge on any atom is 0.173 e. The van der Waals surface area contributed by atoms with Crippen molar-refractivity contribution < 1.29 is 9.18 Å². The molecule has 0 bridgehead atoms. The molecule has 0 aliphatic rings. The van der Waals surface area contributed by atoms with Gasteiger partial charge >= 0.3 is 0 Å². The summed E-state index contributed by atoms with van der Waals surface area (Å²) in [6, 6.07) is 4.14. The quantitative estimate of drug-likeness (QED) is 0.787. The van der Waals surface area contributed by atoms with Gasteiger partial charge in [0.05, 0.1) is 22.7 Å². The Balaban J connectivity index is 2.26. The Bertz CT molecular complexity index is 547. The van der Waals surface area contributed by atoms with Crippen LogP contribution >= 0.6 is 11.6 Å². The van der Waals surface area contributed by atoms with Crippen LogP contribution in [0.2, 0.25) is 5.02 Å². The number of carbonyl (C=O) groups is 1. The average Bonchev–Trinajstić information content (AvgIpc) is 2.63. The van der Waals surface area contributed by atoms with E-state index in [0.717, 1.165) is 0 Å². The third kappa shape index (κ3) is 2.50. The molecule has 88 valence electrons. The summed E-state index contributed by atoms with van der Waals surface area (Å²) in [5, 5.41) is 7.57. The first-order valence-electron chi connectivity index (χ1n) is 4.90. The molecule has 0 N–H and O–H groups in total. The molecule has 0 saturated heterocycles. The molecule has 0 spiro atoms. The number of benzene rings is 1. The number of carbonyl (C=O) groups excluding carboxylic acids is 1. The number of aromatic nitrogens is 3. The van der Waals surface area contributed by atoms with Crippen LogP contribution in [0, 0.1) is 5.82 Å². The third-order valence-electron chi connectivity index (χ3n) is 2.23. The van der Waals surface area contributed by atoms with Gasteiger partial charge in [-0.1, -0.05) is 22.9 Å². The summed E-state index contributed by atoms with van der Waals surface area (Å²) in [7, 11) is 1.69. The molecule has 1 heterocycles. The zero-order chi connectivity index (χ0) is 12.4. The second-order valence-electron chi connectivity index (χ2n) is 3.58. The molecule has 0 unspecified atom stereocenters. The zero-order valence-corrected chi connectivity index (χ0v) is 9.78. The van der Waals surface area contributed by atoms with Crippen LogP contribution in [-0.4, -0.2) is 20.8 Å². The molecule has 6 heteroatoms. The van der Waals surface area contributed by atoms with Gasteiger partial charge in [-0.05, 0) is 12.1 Å². The Morgan fingerprint density at radius 1 is 1.53 bits per heavy atom. The van der Waals surface area contributed by atoms with Crippen molar-refractivity contribution in [2.75, 3.05) is 0 Å². The summed E-state index contributed by atoms with van der Waals surface area (Å²) in [5.41, 5.74) is 0.386. The summed E-state index contributed by atoms with van der Waals surface area (Å²) in [4.78, 5) is 11.9. The van der Waals surface area contributed by atoms with Crippen LogP contribution in [0.1, 0.15) is 16.1 Å². The van der Waals surface area contributed by atoms with E-state index in [1.165, 1.54) is 22.9 Å². The molecular formula is C11H9ClFN3O. The highest BCUT2D eigenvalue weighted by molar-refractivity contribution is 6.34.